The van der Waals surface area contributed by atoms with Gasteiger partial charge in [0.25, 0.3) is 0 Å². The molecule has 37 heavy (non-hydrogen) atoms. The fraction of sp³-hybridized carbons (Fsp3) is 0.0968. The molecule has 5 aromatic rings. The highest BCUT2D eigenvalue weighted by atomic mass is 32.2. The quantitative estimate of drug-likeness (QED) is 0.173. The summed E-state index contributed by atoms with van der Waals surface area (Å²) in [6.45, 7) is 3.03. The lowest BCUT2D eigenvalue weighted by Gasteiger charge is -2.07. The van der Waals surface area contributed by atoms with Crippen LogP contribution in [0.2, 0.25) is 0 Å². The first-order valence-corrected chi connectivity index (χ1v) is 13.2. The maximum absolute atomic E-state index is 12.6. The highest BCUT2D eigenvalue weighted by Crippen LogP contribution is 2.31. The molecule has 6 heteroatoms. The monoisotopic (exact) mass is 505 g/mol. The van der Waals surface area contributed by atoms with E-state index in [0.29, 0.717) is 11.4 Å². The van der Waals surface area contributed by atoms with Crippen LogP contribution in [0.1, 0.15) is 12.5 Å². The molecule has 1 aromatic heterocycles. The highest BCUT2D eigenvalue weighted by Gasteiger charge is 2.11. The number of aromatic nitrogens is 1. The molecule has 184 valence electrons. The Labute approximate surface area is 220 Å². The number of hydrogen-bond donors (Lipinski definition) is 2. The summed E-state index contributed by atoms with van der Waals surface area (Å²) in [6, 6.07) is 31.6. The van der Waals surface area contributed by atoms with Crippen molar-refractivity contribution in [1.82, 2.24) is 4.57 Å². The Kier molecular flexibility index (Phi) is 7.38. The van der Waals surface area contributed by atoms with E-state index >= 15 is 0 Å². The lowest BCUT2D eigenvalue weighted by molar-refractivity contribution is -0.114. The first kappa shape index (κ1) is 24.4. The summed E-state index contributed by atoms with van der Waals surface area (Å²) < 4.78 is 2.29. The molecule has 0 fully saturated rings. The zero-order chi connectivity index (χ0) is 25.6. The minimum absolute atomic E-state index is 0.0630. The first-order valence-electron chi connectivity index (χ1n) is 12.2. The summed E-state index contributed by atoms with van der Waals surface area (Å²) in [7, 11) is 0. The summed E-state index contributed by atoms with van der Waals surface area (Å²) >= 11 is 1.45. The Balaban J connectivity index is 1.17. The summed E-state index contributed by atoms with van der Waals surface area (Å²) in [6.07, 6.45) is 3.29. The van der Waals surface area contributed by atoms with Gasteiger partial charge in [0.15, 0.2) is 0 Å². The van der Waals surface area contributed by atoms with Crippen LogP contribution < -0.4 is 10.6 Å². The van der Waals surface area contributed by atoms with Gasteiger partial charge < -0.3 is 15.2 Å². The number of nitrogens with one attached hydrogen (secondary N) is 2. The summed E-state index contributed by atoms with van der Waals surface area (Å²) in [5.74, 6) is 0.0370. The molecule has 0 atom stereocenters. The highest BCUT2D eigenvalue weighted by molar-refractivity contribution is 8.00. The normalized spacial score (nSPS) is 11.3. The van der Waals surface area contributed by atoms with Crippen molar-refractivity contribution in [1.29, 1.82) is 0 Å². The van der Waals surface area contributed by atoms with Crippen molar-refractivity contribution in [2.24, 2.45) is 0 Å². The Morgan fingerprint density at radius 1 is 0.784 bits per heavy atom. The predicted molar refractivity (Wildman–Crippen MR) is 155 cm³/mol. The third-order valence-electron chi connectivity index (χ3n) is 6.09. The number of hydrogen-bond acceptors (Lipinski definition) is 3. The number of carbonyl (C=O) groups excluding carboxylic acids is 2. The molecule has 0 aliphatic heterocycles. The fourth-order valence-electron chi connectivity index (χ4n) is 4.37. The van der Waals surface area contributed by atoms with E-state index in [1.165, 1.54) is 34.3 Å². The number of carbonyl (C=O) groups is 2. The van der Waals surface area contributed by atoms with Gasteiger partial charge in [-0.1, -0.05) is 48.5 Å². The van der Waals surface area contributed by atoms with E-state index in [-0.39, 0.29) is 11.8 Å². The zero-order valence-corrected chi connectivity index (χ0v) is 21.3. The van der Waals surface area contributed by atoms with Crippen molar-refractivity contribution in [3.63, 3.8) is 0 Å². The van der Waals surface area contributed by atoms with E-state index in [1.54, 1.807) is 6.08 Å². The Morgan fingerprint density at radius 3 is 2.27 bits per heavy atom. The lowest BCUT2D eigenvalue weighted by Crippen LogP contribution is -2.13. The average Bonchev–Trinajstić information content (AvgIpc) is 3.25. The topological polar surface area (TPSA) is 63.1 Å². The minimum atomic E-state index is -0.192. The standard InChI is InChI=1S/C31H27N3O2S/c1-2-34-28-11-7-6-10-26(28)27-20-24(15-18-29(27)34)33-31(36)21-37-25-16-13-23(14-17-25)32-30(35)19-12-22-8-4-3-5-9-22/h3-20H,2,21H2,1H3,(H,32,35)(H,33,36)/b19-12+. The van der Waals surface area contributed by atoms with E-state index in [9.17, 15) is 9.59 Å². The number of benzene rings is 4. The molecule has 0 radical (unpaired) electrons. The van der Waals surface area contributed by atoms with Crippen LogP contribution in [0.3, 0.4) is 0 Å². The fourth-order valence-corrected chi connectivity index (χ4v) is 5.07. The number of amides is 2. The SMILES string of the molecule is CCn1c2ccccc2c2cc(NC(=O)CSc3ccc(NC(=O)/C=C/c4ccccc4)cc3)ccc21. The second-order valence-electron chi connectivity index (χ2n) is 8.59. The zero-order valence-electron chi connectivity index (χ0n) is 20.5. The molecular formula is C31H27N3O2S. The molecule has 1 heterocycles. The Bertz CT molecular complexity index is 1590. The molecule has 2 N–H and O–H groups in total. The van der Waals surface area contributed by atoms with Gasteiger partial charge in [0.1, 0.15) is 0 Å². The average molecular weight is 506 g/mol. The van der Waals surface area contributed by atoms with Crippen molar-refractivity contribution in [3.05, 3.63) is 109 Å². The van der Waals surface area contributed by atoms with Crippen LogP contribution >= 0.6 is 11.8 Å². The predicted octanol–water partition coefficient (Wildman–Crippen LogP) is 7.20. The molecule has 5 nitrogen and oxygen atoms in total. The maximum atomic E-state index is 12.6. The molecular weight excluding hydrogens is 478 g/mol. The molecule has 0 aliphatic rings. The number of rotatable bonds is 8. The van der Waals surface area contributed by atoms with E-state index in [0.717, 1.165) is 28.1 Å². The van der Waals surface area contributed by atoms with E-state index in [4.69, 9.17) is 0 Å². The second kappa shape index (κ2) is 11.2. The largest absolute Gasteiger partial charge is 0.341 e. The van der Waals surface area contributed by atoms with E-state index in [1.807, 2.05) is 66.7 Å². The Morgan fingerprint density at radius 2 is 1.49 bits per heavy atom. The van der Waals surface area contributed by atoms with Gasteiger partial charge in [-0.25, -0.2) is 0 Å². The van der Waals surface area contributed by atoms with Crippen molar-refractivity contribution in [3.8, 4) is 0 Å². The molecule has 4 aromatic carbocycles. The van der Waals surface area contributed by atoms with E-state index < -0.39 is 0 Å². The van der Waals surface area contributed by atoms with Crippen LogP contribution in [0.4, 0.5) is 11.4 Å². The van der Waals surface area contributed by atoms with Crippen LogP contribution in [0.5, 0.6) is 0 Å². The summed E-state index contributed by atoms with van der Waals surface area (Å²) in [4.78, 5) is 25.8. The van der Waals surface area contributed by atoms with Crippen molar-refractivity contribution in [2.45, 2.75) is 18.4 Å². The number of thioether (sulfide) groups is 1. The van der Waals surface area contributed by atoms with Crippen LogP contribution in [-0.4, -0.2) is 22.1 Å². The number of fused-ring (bicyclic) bond motifs is 3. The van der Waals surface area contributed by atoms with Gasteiger partial charge >= 0.3 is 0 Å². The third kappa shape index (κ3) is 5.76. The van der Waals surface area contributed by atoms with Crippen LogP contribution in [-0.2, 0) is 16.1 Å². The molecule has 2 amide bonds. The van der Waals surface area contributed by atoms with Crippen molar-refractivity contribution in [2.75, 3.05) is 16.4 Å². The smallest absolute Gasteiger partial charge is 0.248 e. The van der Waals surface area contributed by atoms with Gasteiger partial charge in [0, 0.05) is 50.7 Å². The van der Waals surface area contributed by atoms with Gasteiger partial charge in [0.05, 0.1) is 5.75 Å². The van der Waals surface area contributed by atoms with Gasteiger partial charge in [-0.05, 0) is 67.1 Å². The number of para-hydroxylation sites is 1. The minimum Gasteiger partial charge on any atom is -0.341 e. The van der Waals surface area contributed by atoms with Crippen molar-refractivity contribution < 1.29 is 9.59 Å². The molecule has 0 spiro atoms. The number of aryl methyl sites for hydroxylation is 1. The molecule has 0 unspecified atom stereocenters. The summed E-state index contributed by atoms with van der Waals surface area (Å²) in [5.41, 5.74) is 4.83. The molecule has 0 saturated carbocycles. The molecule has 0 saturated heterocycles. The van der Waals surface area contributed by atoms with Crippen LogP contribution in [0, 0.1) is 0 Å². The number of anilines is 2. The second-order valence-corrected chi connectivity index (χ2v) is 9.64. The van der Waals surface area contributed by atoms with Gasteiger partial charge in [-0.15, -0.1) is 11.8 Å². The van der Waals surface area contributed by atoms with Crippen LogP contribution in [0.15, 0.2) is 108 Å². The van der Waals surface area contributed by atoms with Gasteiger partial charge in [-0.2, -0.15) is 0 Å². The molecule has 0 aliphatic carbocycles. The van der Waals surface area contributed by atoms with Crippen molar-refractivity contribution >= 4 is 62.8 Å². The number of nitrogens with zero attached hydrogens (tertiary/aromatic N) is 1. The lowest BCUT2D eigenvalue weighted by atomic mass is 10.1. The first-order chi connectivity index (χ1) is 18.1. The van der Waals surface area contributed by atoms with Gasteiger partial charge in [0.2, 0.25) is 11.8 Å². The maximum Gasteiger partial charge on any atom is 0.248 e. The summed E-state index contributed by atoms with van der Waals surface area (Å²) in [5, 5.41) is 8.21. The Hall–Kier alpha value is -4.29. The van der Waals surface area contributed by atoms with Gasteiger partial charge in [-0.3, -0.25) is 9.59 Å². The van der Waals surface area contributed by atoms with E-state index in [2.05, 4.69) is 52.5 Å². The van der Waals surface area contributed by atoms with Crippen LogP contribution in [0.25, 0.3) is 27.9 Å². The third-order valence-corrected chi connectivity index (χ3v) is 7.10. The molecule has 5 rings (SSSR count). The molecule has 0 bridgehead atoms.